The van der Waals surface area contributed by atoms with E-state index in [1.807, 2.05) is 38.2 Å². The third-order valence-corrected chi connectivity index (χ3v) is 2.03. The van der Waals surface area contributed by atoms with E-state index in [0.29, 0.717) is 0 Å². The van der Waals surface area contributed by atoms with Crippen LogP contribution in [0.15, 0.2) is 12.4 Å². The zero-order valence-electron chi connectivity index (χ0n) is 9.07. The molecule has 1 aromatic rings. The lowest BCUT2D eigenvalue weighted by Gasteiger charge is -2.17. The molecule has 0 saturated carbocycles. The monoisotopic (exact) mass is 194 g/mol. The summed E-state index contributed by atoms with van der Waals surface area (Å²) in [5, 5.41) is 0. The zero-order valence-corrected chi connectivity index (χ0v) is 9.07. The van der Waals surface area contributed by atoms with Gasteiger partial charge < -0.3 is 10.6 Å². The lowest BCUT2D eigenvalue weighted by atomic mass is 10.2. The van der Waals surface area contributed by atoms with E-state index in [4.69, 9.17) is 5.73 Å². The van der Waals surface area contributed by atoms with Crippen molar-refractivity contribution in [2.75, 3.05) is 18.5 Å². The van der Waals surface area contributed by atoms with Crippen molar-refractivity contribution < 1.29 is 0 Å². The summed E-state index contributed by atoms with van der Waals surface area (Å²) in [4.78, 5) is 10.5. The van der Waals surface area contributed by atoms with E-state index < -0.39 is 0 Å². The smallest absolute Gasteiger partial charge is 0.224 e. The number of aryl methyl sites for hydroxylation is 1. The maximum Gasteiger partial charge on any atom is 0.224 e. The molecule has 0 aromatic carbocycles. The Morgan fingerprint density at radius 1 is 1.43 bits per heavy atom. The predicted octanol–water partition coefficient (Wildman–Crippen LogP) is 0.959. The van der Waals surface area contributed by atoms with Gasteiger partial charge in [0.15, 0.2) is 0 Å². The Balaban J connectivity index is 2.52. The first kappa shape index (κ1) is 10.9. The molecule has 1 rings (SSSR count). The summed E-state index contributed by atoms with van der Waals surface area (Å²) in [6, 6.07) is 0.225. The first-order valence-corrected chi connectivity index (χ1v) is 4.85. The molecule has 0 fully saturated rings. The third-order valence-electron chi connectivity index (χ3n) is 2.03. The van der Waals surface area contributed by atoms with Gasteiger partial charge in [-0.15, -0.1) is 0 Å². The predicted molar refractivity (Wildman–Crippen MR) is 58.3 cm³/mol. The van der Waals surface area contributed by atoms with E-state index in [9.17, 15) is 0 Å². The first-order chi connectivity index (χ1) is 6.59. The van der Waals surface area contributed by atoms with Gasteiger partial charge in [0.1, 0.15) is 0 Å². The largest absolute Gasteiger partial charge is 0.344 e. The molecule has 4 heteroatoms. The number of aromatic nitrogens is 2. The molecule has 4 nitrogen and oxygen atoms in total. The minimum Gasteiger partial charge on any atom is -0.344 e. The fourth-order valence-electron chi connectivity index (χ4n) is 1.08. The van der Waals surface area contributed by atoms with Gasteiger partial charge in [0, 0.05) is 32.0 Å². The number of rotatable bonds is 4. The molecule has 2 N–H and O–H groups in total. The van der Waals surface area contributed by atoms with Gasteiger partial charge in [-0.05, 0) is 25.8 Å². The summed E-state index contributed by atoms with van der Waals surface area (Å²) in [5.74, 6) is 0.760. The Kier molecular flexibility index (Phi) is 3.83. The summed E-state index contributed by atoms with van der Waals surface area (Å²) < 4.78 is 0. The Morgan fingerprint density at radius 3 is 2.50 bits per heavy atom. The molecule has 0 spiro atoms. The normalized spacial score (nSPS) is 12.6. The van der Waals surface area contributed by atoms with E-state index in [2.05, 4.69) is 9.97 Å². The van der Waals surface area contributed by atoms with Gasteiger partial charge in [-0.2, -0.15) is 0 Å². The molecule has 0 aliphatic carbocycles. The summed E-state index contributed by atoms with van der Waals surface area (Å²) in [5.41, 5.74) is 6.75. The molecule has 1 atom stereocenters. The summed E-state index contributed by atoms with van der Waals surface area (Å²) in [6.45, 7) is 4.87. The van der Waals surface area contributed by atoms with Gasteiger partial charge in [-0.1, -0.05) is 0 Å². The molecule has 14 heavy (non-hydrogen) atoms. The minimum atomic E-state index is 0.225. The highest BCUT2D eigenvalue weighted by Gasteiger charge is 2.04. The number of nitrogens with two attached hydrogens (primary N) is 1. The van der Waals surface area contributed by atoms with E-state index in [1.165, 1.54) is 0 Å². The van der Waals surface area contributed by atoms with Crippen LogP contribution in [-0.2, 0) is 0 Å². The van der Waals surface area contributed by atoms with Gasteiger partial charge >= 0.3 is 0 Å². The standard InChI is InChI=1S/C10H18N4/c1-8-6-12-10(13-7-8)14(3)5-4-9(2)11/h6-7,9H,4-5,11H2,1-3H3. The van der Waals surface area contributed by atoms with Crippen LogP contribution in [0.1, 0.15) is 18.9 Å². The van der Waals surface area contributed by atoms with Crippen LogP contribution < -0.4 is 10.6 Å². The second kappa shape index (κ2) is 4.91. The van der Waals surface area contributed by atoms with Gasteiger partial charge in [-0.25, -0.2) is 9.97 Å². The molecule has 0 saturated heterocycles. The Hall–Kier alpha value is -1.16. The van der Waals surface area contributed by atoms with E-state index in [0.717, 1.165) is 24.5 Å². The van der Waals surface area contributed by atoms with Crippen molar-refractivity contribution in [2.24, 2.45) is 5.73 Å². The van der Waals surface area contributed by atoms with E-state index in [-0.39, 0.29) is 6.04 Å². The van der Waals surface area contributed by atoms with Crippen molar-refractivity contribution in [3.63, 3.8) is 0 Å². The highest BCUT2D eigenvalue weighted by atomic mass is 15.2. The number of nitrogens with zero attached hydrogens (tertiary/aromatic N) is 3. The van der Waals surface area contributed by atoms with Crippen LogP contribution in [0.3, 0.4) is 0 Å². The quantitative estimate of drug-likeness (QED) is 0.775. The summed E-state index contributed by atoms with van der Waals surface area (Å²) in [7, 11) is 1.98. The fraction of sp³-hybridized carbons (Fsp3) is 0.600. The zero-order chi connectivity index (χ0) is 10.6. The average molecular weight is 194 g/mol. The van der Waals surface area contributed by atoms with Crippen molar-refractivity contribution >= 4 is 5.95 Å². The molecule has 0 aliphatic rings. The summed E-state index contributed by atoms with van der Waals surface area (Å²) >= 11 is 0. The molecule has 78 valence electrons. The maximum atomic E-state index is 5.68. The average Bonchev–Trinajstić information content (AvgIpc) is 2.15. The molecular weight excluding hydrogens is 176 g/mol. The molecule has 1 heterocycles. The van der Waals surface area contributed by atoms with Crippen LogP contribution >= 0.6 is 0 Å². The van der Waals surface area contributed by atoms with Crippen LogP contribution in [0.4, 0.5) is 5.95 Å². The molecule has 0 bridgehead atoms. The number of anilines is 1. The molecule has 0 radical (unpaired) electrons. The van der Waals surface area contributed by atoms with Gasteiger partial charge in [0.2, 0.25) is 5.95 Å². The van der Waals surface area contributed by atoms with Crippen LogP contribution in [0.2, 0.25) is 0 Å². The third kappa shape index (κ3) is 3.30. The van der Waals surface area contributed by atoms with Crippen LogP contribution in [0.25, 0.3) is 0 Å². The van der Waals surface area contributed by atoms with Crippen LogP contribution in [0.5, 0.6) is 0 Å². The number of hydrogen-bond donors (Lipinski definition) is 1. The number of hydrogen-bond acceptors (Lipinski definition) is 4. The van der Waals surface area contributed by atoms with Crippen LogP contribution in [0, 0.1) is 6.92 Å². The minimum absolute atomic E-state index is 0.225. The van der Waals surface area contributed by atoms with Crippen molar-refractivity contribution in [3.05, 3.63) is 18.0 Å². The maximum absolute atomic E-state index is 5.68. The van der Waals surface area contributed by atoms with Crippen LogP contribution in [-0.4, -0.2) is 29.6 Å². The van der Waals surface area contributed by atoms with E-state index >= 15 is 0 Å². The first-order valence-electron chi connectivity index (χ1n) is 4.85. The van der Waals surface area contributed by atoms with E-state index in [1.54, 1.807) is 0 Å². The highest BCUT2D eigenvalue weighted by molar-refractivity contribution is 5.27. The van der Waals surface area contributed by atoms with Crippen molar-refractivity contribution in [2.45, 2.75) is 26.3 Å². The van der Waals surface area contributed by atoms with Crippen molar-refractivity contribution in [3.8, 4) is 0 Å². The van der Waals surface area contributed by atoms with Crippen molar-refractivity contribution in [1.29, 1.82) is 0 Å². The molecule has 0 aliphatic heterocycles. The summed E-state index contributed by atoms with van der Waals surface area (Å²) in [6.07, 6.45) is 4.60. The van der Waals surface area contributed by atoms with Crippen molar-refractivity contribution in [1.82, 2.24) is 9.97 Å². The Bertz CT molecular complexity index is 268. The molecule has 1 aromatic heterocycles. The lowest BCUT2D eigenvalue weighted by molar-refractivity contribution is 0.652. The highest BCUT2D eigenvalue weighted by Crippen LogP contribution is 2.05. The molecule has 1 unspecified atom stereocenters. The molecular formula is C10H18N4. The second-order valence-electron chi connectivity index (χ2n) is 3.75. The lowest BCUT2D eigenvalue weighted by Crippen LogP contribution is -2.27. The topological polar surface area (TPSA) is 55.0 Å². The second-order valence-corrected chi connectivity index (χ2v) is 3.75. The fourth-order valence-corrected chi connectivity index (χ4v) is 1.08. The Labute approximate surface area is 85.2 Å². The van der Waals surface area contributed by atoms with Gasteiger partial charge in [0.25, 0.3) is 0 Å². The SMILES string of the molecule is Cc1cnc(N(C)CCC(C)N)nc1. The molecule has 0 amide bonds. The van der Waals surface area contributed by atoms with Gasteiger partial charge in [-0.3, -0.25) is 0 Å². The van der Waals surface area contributed by atoms with Gasteiger partial charge in [0.05, 0.1) is 0 Å². The Morgan fingerprint density at radius 2 is 2.00 bits per heavy atom.